The van der Waals surface area contributed by atoms with E-state index in [1.165, 1.54) is 0 Å². The van der Waals surface area contributed by atoms with Gasteiger partial charge in [0.1, 0.15) is 12.4 Å². The quantitative estimate of drug-likeness (QED) is 0.682. The number of rotatable bonds is 2. The van der Waals surface area contributed by atoms with Crippen LogP contribution in [0.2, 0.25) is 0 Å². The highest BCUT2D eigenvalue weighted by Crippen LogP contribution is 2.36. The SMILES string of the molecule is Nc1ccc(C(=O)C2COc3ccccc32)cc1Br. The summed E-state index contributed by atoms with van der Waals surface area (Å²) in [4.78, 5) is 12.5. The molecular weight excluding hydrogens is 306 g/mol. The van der Waals surface area contributed by atoms with Crippen molar-refractivity contribution in [3.63, 3.8) is 0 Å². The summed E-state index contributed by atoms with van der Waals surface area (Å²) in [7, 11) is 0. The second kappa shape index (κ2) is 4.70. The Hall–Kier alpha value is -1.81. The molecule has 2 aromatic carbocycles. The Morgan fingerprint density at radius 3 is 2.84 bits per heavy atom. The summed E-state index contributed by atoms with van der Waals surface area (Å²) in [6.45, 7) is 0.403. The van der Waals surface area contributed by atoms with Gasteiger partial charge in [0, 0.05) is 21.3 Å². The van der Waals surface area contributed by atoms with Crippen molar-refractivity contribution in [2.75, 3.05) is 12.3 Å². The van der Waals surface area contributed by atoms with Crippen LogP contribution in [0.4, 0.5) is 5.69 Å². The molecule has 0 saturated heterocycles. The molecule has 0 fully saturated rings. The molecule has 2 N–H and O–H groups in total. The molecule has 1 heterocycles. The minimum absolute atomic E-state index is 0.0608. The highest BCUT2D eigenvalue weighted by atomic mass is 79.9. The van der Waals surface area contributed by atoms with Crippen LogP contribution < -0.4 is 10.5 Å². The molecule has 0 aliphatic carbocycles. The van der Waals surface area contributed by atoms with Crippen molar-refractivity contribution in [2.45, 2.75) is 5.92 Å². The summed E-state index contributed by atoms with van der Waals surface area (Å²) in [5.41, 5.74) is 7.96. The third-order valence-electron chi connectivity index (χ3n) is 3.30. The minimum atomic E-state index is -0.230. The number of carbonyl (C=O) groups excluding carboxylic acids is 1. The fraction of sp³-hybridized carbons (Fsp3) is 0.133. The minimum Gasteiger partial charge on any atom is -0.492 e. The van der Waals surface area contributed by atoms with Gasteiger partial charge in [-0.2, -0.15) is 0 Å². The molecule has 19 heavy (non-hydrogen) atoms. The molecular formula is C15H12BrNO2. The van der Waals surface area contributed by atoms with Gasteiger partial charge in [0.15, 0.2) is 5.78 Å². The van der Waals surface area contributed by atoms with Gasteiger partial charge in [0.05, 0.1) is 5.92 Å². The molecule has 3 nitrogen and oxygen atoms in total. The van der Waals surface area contributed by atoms with E-state index in [9.17, 15) is 4.79 Å². The van der Waals surface area contributed by atoms with Gasteiger partial charge < -0.3 is 10.5 Å². The Balaban J connectivity index is 1.95. The zero-order valence-corrected chi connectivity index (χ0v) is 11.7. The van der Waals surface area contributed by atoms with E-state index in [4.69, 9.17) is 10.5 Å². The zero-order chi connectivity index (χ0) is 13.4. The van der Waals surface area contributed by atoms with E-state index in [0.29, 0.717) is 17.9 Å². The lowest BCUT2D eigenvalue weighted by Crippen LogP contribution is -2.14. The first-order valence-electron chi connectivity index (χ1n) is 5.98. The number of carbonyl (C=O) groups is 1. The Labute approximate surface area is 119 Å². The lowest BCUT2D eigenvalue weighted by atomic mass is 9.92. The summed E-state index contributed by atoms with van der Waals surface area (Å²) in [5.74, 6) is 0.632. The van der Waals surface area contributed by atoms with Crippen LogP contribution in [-0.4, -0.2) is 12.4 Å². The second-order valence-electron chi connectivity index (χ2n) is 4.50. The summed E-state index contributed by atoms with van der Waals surface area (Å²) >= 11 is 3.35. The summed E-state index contributed by atoms with van der Waals surface area (Å²) in [6, 6.07) is 12.9. The molecule has 96 valence electrons. The Kier molecular flexibility index (Phi) is 3.03. The Morgan fingerprint density at radius 1 is 1.26 bits per heavy atom. The molecule has 4 heteroatoms. The molecule has 1 aliphatic rings. The van der Waals surface area contributed by atoms with Crippen LogP contribution in [0.25, 0.3) is 0 Å². The molecule has 0 aromatic heterocycles. The van der Waals surface area contributed by atoms with Crippen molar-refractivity contribution in [2.24, 2.45) is 0 Å². The van der Waals surface area contributed by atoms with Gasteiger partial charge in [0.2, 0.25) is 0 Å². The number of ketones is 1. The van der Waals surface area contributed by atoms with Crippen molar-refractivity contribution >= 4 is 27.4 Å². The number of Topliss-reactive ketones (excluding diaryl/α,β-unsaturated/α-hetero) is 1. The van der Waals surface area contributed by atoms with E-state index in [-0.39, 0.29) is 11.7 Å². The van der Waals surface area contributed by atoms with E-state index in [2.05, 4.69) is 15.9 Å². The van der Waals surface area contributed by atoms with E-state index >= 15 is 0 Å². The third-order valence-corrected chi connectivity index (χ3v) is 3.99. The highest BCUT2D eigenvalue weighted by molar-refractivity contribution is 9.10. The van der Waals surface area contributed by atoms with E-state index in [0.717, 1.165) is 15.8 Å². The van der Waals surface area contributed by atoms with Crippen molar-refractivity contribution in [1.29, 1.82) is 0 Å². The number of hydrogen-bond acceptors (Lipinski definition) is 3. The zero-order valence-electron chi connectivity index (χ0n) is 10.1. The summed E-state index contributed by atoms with van der Waals surface area (Å²) in [5, 5.41) is 0. The maximum Gasteiger partial charge on any atom is 0.173 e. The monoisotopic (exact) mass is 317 g/mol. The summed E-state index contributed by atoms with van der Waals surface area (Å²) in [6.07, 6.45) is 0. The van der Waals surface area contributed by atoms with Gasteiger partial charge in [-0.1, -0.05) is 18.2 Å². The number of nitrogens with two attached hydrogens (primary N) is 1. The molecule has 3 rings (SSSR count). The van der Waals surface area contributed by atoms with Gasteiger partial charge in [-0.05, 0) is 40.2 Å². The first-order valence-corrected chi connectivity index (χ1v) is 6.77. The number of hydrogen-bond donors (Lipinski definition) is 1. The van der Waals surface area contributed by atoms with Crippen LogP contribution in [0, 0.1) is 0 Å². The van der Waals surface area contributed by atoms with Crippen LogP contribution in [0.3, 0.4) is 0 Å². The standard InChI is InChI=1S/C15H12BrNO2/c16-12-7-9(5-6-13(12)17)15(18)11-8-19-14-4-2-1-3-10(11)14/h1-7,11H,8,17H2. The number of para-hydroxylation sites is 1. The van der Waals surface area contributed by atoms with E-state index < -0.39 is 0 Å². The first-order chi connectivity index (χ1) is 9.16. The van der Waals surface area contributed by atoms with Gasteiger partial charge in [-0.25, -0.2) is 0 Å². The van der Waals surface area contributed by atoms with Crippen LogP contribution in [0.15, 0.2) is 46.9 Å². The van der Waals surface area contributed by atoms with Crippen LogP contribution in [0.1, 0.15) is 21.8 Å². The third kappa shape index (κ3) is 2.12. The van der Waals surface area contributed by atoms with E-state index in [1.807, 2.05) is 24.3 Å². The van der Waals surface area contributed by atoms with Crippen molar-refractivity contribution < 1.29 is 9.53 Å². The van der Waals surface area contributed by atoms with Crippen LogP contribution >= 0.6 is 15.9 Å². The normalized spacial score (nSPS) is 16.8. The maximum atomic E-state index is 12.5. The number of halogens is 1. The fourth-order valence-corrected chi connectivity index (χ4v) is 2.64. The largest absolute Gasteiger partial charge is 0.492 e. The van der Waals surface area contributed by atoms with Crippen molar-refractivity contribution in [1.82, 2.24) is 0 Å². The molecule has 0 bridgehead atoms. The van der Waals surface area contributed by atoms with Gasteiger partial charge in [0.25, 0.3) is 0 Å². The van der Waals surface area contributed by atoms with Gasteiger partial charge in [-0.15, -0.1) is 0 Å². The van der Waals surface area contributed by atoms with Crippen molar-refractivity contribution in [3.05, 3.63) is 58.1 Å². The fourth-order valence-electron chi connectivity index (χ4n) is 2.26. The maximum absolute atomic E-state index is 12.5. The molecule has 1 aliphatic heterocycles. The highest BCUT2D eigenvalue weighted by Gasteiger charge is 2.30. The smallest absolute Gasteiger partial charge is 0.173 e. The van der Waals surface area contributed by atoms with Gasteiger partial charge in [-0.3, -0.25) is 4.79 Å². The average Bonchev–Trinajstić information content (AvgIpc) is 2.85. The second-order valence-corrected chi connectivity index (χ2v) is 5.36. The van der Waals surface area contributed by atoms with E-state index in [1.54, 1.807) is 18.2 Å². The number of benzene rings is 2. The average molecular weight is 318 g/mol. The Bertz CT molecular complexity index is 654. The first kappa shape index (κ1) is 12.2. The predicted molar refractivity (Wildman–Crippen MR) is 77.6 cm³/mol. The predicted octanol–water partition coefficient (Wildman–Crippen LogP) is 3.39. The lowest BCUT2D eigenvalue weighted by molar-refractivity contribution is 0.0947. The Morgan fingerprint density at radius 2 is 2.05 bits per heavy atom. The number of fused-ring (bicyclic) bond motifs is 1. The van der Waals surface area contributed by atoms with Crippen molar-refractivity contribution in [3.8, 4) is 5.75 Å². The summed E-state index contributed by atoms with van der Waals surface area (Å²) < 4.78 is 6.29. The topological polar surface area (TPSA) is 52.3 Å². The van der Waals surface area contributed by atoms with Crippen LogP contribution in [0.5, 0.6) is 5.75 Å². The molecule has 2 aromatic rings. The number of ether oxygens (including phenoxy) is 1. The molecule has 1 unspecified atom stereocenters. The number of nitrogen functional groups attached to an aromatic ring is 1. The molecule has 1 atom stereocenters. The molecule has 0 amide bonds. The van der Waals surface area contributed by atoms with Crippen LogP contribution in [-0.2, 0) is 0 Å². The lowest BCUT2D eigenvalue weighted by Gasteiger charge is -2.09. The molecule has 0 spiro atoms. The molecule has 0 radical (unpaired) electrons. The molecule has 0 saturated carbocycles. The number of anilines is 1. The van der Waals surface area contributed by atoms with Gasteiger partial charge >= 0.3 is 0 Å².